The van der Waals surface area contributed by atoms with Crippen molar-refractivity contribution in [1.29, 1.82) is 0 Å². The van der Waals surface area contributed by atoms with Crippen LogP contribution in [0.2, 0.25) is 5.02 Å². The van der Waals surface area contributed by atoms with Crippen molar-refractivity contribution in [3.05, 3.63) is 65.3 Å². The number of hydrogen-bond acceptors (Lipinski definition) is 7. The average molecular weight is 547 g/mol. The number of benzene rings is 2. The Kier molecular flexibility index (Phi) is 8.08. The number of carbonyl (C=O) groups excluding carboxylic acids is 1. The van der Waals surface area contributed by atoms with Crippen LogP contribution >= 0.6 is 34.7 Å². The summed E-state index contributed by atoms with van der Waals surface area (Å²) in [4.78, 5) is 22.4. The molecule has 0 spiro atoms. The maximum absolute atomic E-state index is 12.6. The standard InChI is InChI=1S/C24H23ClN4O3S3/c1-3-29(4-2)35(31,32)19-11-9-18(10-12-19)28-21(30)14-34-24-22-20(13-33-23(22)26-15-27-24)16-5-7-17(25)8-6-16/h5-13,15H,3-4,14H2,1-2H3,(H,28,30). The van der Waals surface area contributed by atoms with Gasteiger partial charge in [0.2, 0.25) is 15.9 Å². The Bertz CT molecular complexity index is 1440. The highest BCUT2D eigenvalue weighted by Crippen LogP contribution is 2.38. The van der Waals surface area contributed by atoms with E-state index in [1.54, 1.807) is 26.0 Å². The predicted octanol–water partition coefficient (Wildman–Crippen LogP) is 5.77. The van der Waals surface area contributed by atoms with E-state index in [0.29, 0.717) is 23.8 Å². The van der Waals surface area contributed by atoms with E-state index in [0.717, 1.165) is 26.4 Å². The second kappa shape index (κ2) is 11.0. The molecule has 0 radical (unpaired) electrons. The third-order valence-electron chi connectivity index (χ3n) is 5.31. The van der Waals surface area contributed by atoms with Crippen molar-refractivity contribution in [2.75, 3.05) is 24.2 Å². The first-order chi connectivity index (χ1) is 16.8. The molecule has 182 valence electrons. The van der Waals surface area contributed by atoms with Gasteiger partial charge in [0.1, 0.15) is 16.2 Å². The summed E-state index contributed by atoms with van der Waals surface area (Å²) in [5.41, 5.74) is 2.52. The SMILES string of the molecule is CCN(CC)S(=O)(=O)c1ccc(NC(=O)CSc2ncnc3scc(-c4ccc(Cl)cc4)c23)cc1. The van der Waals surface area contributed by atoms with Crippen LogP contribution in [-0.4, -0.2) is 47.4 Å². The van der Waals surface area contributed by atoms with Gasteiger partial charge in [-0.25, -0.2) is 18.4 Å². The van der Waals surface area contributed by atoms with Crippen LogP contribution in [0, 0.1) is 0 Å². The van der Waals surface area contributed by atoms with Crippen molar-refractivity contribution < 1.29 is 13.2 Å². The van der Waals surface area contributed by atoms with Crippen LogP contribution in [0.15, 0.2) is 70.2 Å². The molecule has 4 aromatic rings. The fourth-order valence-corrected chi connectivity index (χ4v) is 6.93. The quantitative estimate of drug-likeness (QED) is 0.211. The molecule has 2 aromatic heterocycles. The molecule has 2 heterocycles. The van der Waals surface area contributed by atoms with Crippen molar-refractivity contribution in [3.63, 3.8) is 0 Å². The number of thioether (sulfide) groups is 1. The smallest absolute Gasteiger partial charge is 0.243 e. The molecule has 1 amide bonds. The van der Waals surface area contributed by atoms with Gasteiger partial charge < -0.3 is 5.32 Å². The third kappa shape index (κ3) is 5.68. The molecule has 0 fully saturated rings. The molecule has 35 heavy (non-hydrogen) atoms. The lowest BCUT2D eigenvalue weighted by Crippen LogP contribution is -2.30. The summed E-state index contributed by atoms with van der Waals surface area (Å²) in [5.74, 6) is -0.0778. The van der Waals surface area contributed by atoms with Crippen LogP contribution in [-0.2, 0) is 14.8 Å². The molecule has 4 rings (SSSR count). The number of halogens is 1. The number of rotatable bonds is 9. The lowest BCUT2D eigenvalue weighted by molar-refractivity contribution is -0.113. The van der Waals surface area contributed by atoms with Crippen LogP contribution in [0.5, 0.6) is 0 Å². The highest BCUT2D eigenvalue weighted by Gasteiger charge is 2.21. The first-order valence-corrected chi connectivity index (χ1v) is 14.5. The Hall–Kier alpha value is -2.50. The Morgan fingerprint density at radius 3 is 2.40 bits per heavy atom. The summed E-state index contributed by atoms with van der Waals surface area (Å²) in [7, 11) is -3.54. The van der Waals surface area contributed by atoms with Gasteiger partial charge in [0.25, 0.3) is 0 Å². The number of anilines is 1. The maximum atomic E-state index is 12.6. The number of fused-ring (bicyclic) bond motifs is 1. The molecule has 0 aliphatic heterocycles. The van der Waals surface area contributed by atoms with E-state index in [9.17, 15) is 13.2 Å². The van der Waals surface area contributed by atoms with Gasteiger partial charge in [0.15, 0.2) is 0 Å². The van der Waals surface area contributed by atoms with E-state index in [-0.39, 0.29) is 16.6 Å². The summed E-state index contributed by atoms with van der Waals surface area (Å²) < 4.78 is 26.7. The second-order valence-electron chi connectivity index (χ2n) is 7.47. The molecule has 0 aliphatic rings. The molecule has 11 heteroatoms. The zero-order valence-electron chi connectivity index (χ0n) is 19.1. The van der Waals surface area contributed by atoms with Crippen LogP contribution in [0.1, 0.15) is 13.8 Å². The molecule has 0 bridgehead atoms. The second-order valence-corrected chi connectivity index (χ2v) is 11.7. The normalized spacial score (nSPS) is 11.8. The number of nitrogens with zero attached hydrogens (tertiary/aromatic N) is 3. The van der Waals surface area contributed by atoms with E-state index in [2.05, 4.69) is 15.3 Å². The van der Waals surface area contributed by atoms with Crippen LogP contribution in [0.3, 0.4) is 0 Å². The first kappa shape index (κ1) is 25.6. The number of carbonyl (C=O) groups is 1. The maximum Gasteiger partial charge on any atom is 0.243 e. The molecule has 0 saturated heterocycles. The molecular weight excluding hydrogens is 524 g/mol. The van der Waals surface area contributed by atoms with Gasteiger partial charge in [-0.2, -0.15) is 4.31 Å². The predicted molar refractivity (Wildman–Crippen MR) is 144 cm³/mol. The molecule has 0 aliphatic carbocycles. The fraction of sp³-hybridized carbons (Fsp3) is 0.208. The van der Waals surface area contributed by atoms with Gasteiger partial charge in [-0.3, -0.25) is 4.79 Å². The van der Waals surface area contributed by atoms with Crippen LogP contribution < -0.4 is 5.32 Å². The Balaban J connectivity index is 1.46. The Labute approximate surface area is 217 Å². The molecule has 7 nitrogen and oxygen atoms in total. The minimum absolute atomic E-state index is 0.140. The number of hydrogen-bond donors (Lipinski definition) is 1. The highest BCUT2D eigenvalue weighted by atomic mass is 35.5. The number of nitrogens with one attached hydrogen (secondary N) is 1. The van der Waals surface area contributed by atoms with Gasteiger partial charge in [-0.1, -0.05) is 49.3 Å². The van der Waals surface area contributed by atoms with Crippen molar-refractivity contribution >= 4 is 66.5 Å². The van der Waals surface area contributed by atoms with Crippen LogP contribution in [0.25, 0.3) is 21.3 Å². The summed E-state index contributed by atoms with van der Waals surface area (Å²) in [6.45, 7) is 4.39. The summed E-state index contributed by atoms with van der Waals surface area (Å²) in [6, 6.07) is 13.8. The lowest BCUT2D eigenvalue weighted by atomic mass is 10.1. The van der Waals surface area contributed by atoms with Gasteiger partial charge in [0.05, 0.1) is 16.0 Å². The molecule has 0 unspecified atom stereocenters. The third-order valence-corrected chi connectivity index (χ3v) is 9.50. The van der Waals surface area contributed by atoms with Gasteiger partial charge >= 0.3 is 0 Å². The van der Waals surface area contributed by atoms with Crippen molar-refractivity contribution in [1.82, 2.24) is 14.3 Å². The van der Waals surface area contributed by atoms with E-state index < -0.39 is 10.0 Å². The molecule has 2 aromatic carbocycles. The highest BCUT2D eigenvalue weighted by molar-refractivity contribution is 8.00. The monoisotopic (exact) mass is 546 g/mol. The Morgan fingerprint density at radius 2 is 1.74 bits per heavy atom. The Morgan fingerprint density at radius 1 is 1.06 bits per heavy atom. The van der Waals surface area contributed by atoms with E-state index in [1.807, 2.05) is 29.6 Å². The van der Waals surface area contributed by atoms with E-state index in [4.69, 9.17) is 11.6 Å². The zero-order chi connectivity index (χ0) is 25.0. The van der Waals surface area contributed by atoms with Gasteiger partial charge in [-0.05, 0) is 42.0 Å². The summed E-state index contributed by atoms with van der Waals surface area (Å²) >= 11 is 8.88. The van der Waals surface area contributed by atoms with Gasteiger partial charge in [0, 0.05) is 34.7 Å². The molecule has 1 N–H and O–H groups in total. The average Bonchev–Trinajstić information content (AvgIpc) is 3.29. The first-order valence-electron chi connectivity index (χ1n) is 10.8. The minimum atomic E-state index is -3.54. The zero-order valence-corrected chi connectivity index (χ0v) is 22.3. The van der Waals surface area contributed by atoms with Crippen molar-refractivity contribution in [2.45, 2.75) is 23.8 Å². The van der Waals surface area contributed by atoms with Crippen molar-refractivity contribution in [2.24, 2.45) is 0 Å². The number of amides is 1. The van der Waals surface area contributed by atoms with E-state index in [1.165, 1.54) is 45.9 Å². The molecular formula is C24H23ClN4O3S3. The van der Waals surface area contributed by atoms with E-state index >= 15 is 0 Å². The topological polar surface area (TPSA) is 92.3 Å². The molecule has 0 saturated carbocycles. The largest absolute Gasteiger partial charge is 0.325 e. The molecule has 0 atom stereocenters. The minimum Gasteiger partial charge on any atom is -0.325 e. The van der Waals surface area contributed by atoms with Gasteiger partial charge in [-0.15, -0.1) is 11.3 Å². The number of sulfonamides is 1. The fourth-order valence-electron chi connectivity index (χ4n) is 3.55. The van der Waals surface area contributed by atoms with Crippen LogP contribution in [0.4, 0.5) is 5.69 Å². The number of aromatic nitrogens is 2. The lowest BCUT2D eigenvalue weighted by Gasteiger charge is -2.18. The van der Waals surface area contributed by atoms with Crippen molar-refractivity contribution in [3.8, 4) is 11.1 Å². The summed E-state index contributed by atoms with van der Waals surface area (Å²) in [6.07, 6.45) is 1.50. The number of thiophene rings is 1. The summed E-state index contributed by atoms with van der Waals surface area (Å²) in [5, 5.41) is 7.13.